The molecule has 2 unspecified atom stereocenters. The summed E-state index contributed by atoms with van der Waals surface area (Å²) in [5, 5.41) is 3.17. The van der Waals surface area contributed by atoms with E-state index >= 15 is 0 Å². The quantitative estimate of drug-likeness (QED) is 0.881. The third-order valence-corrected chi connectivity index (χ3v) is 4.68. The van der Waals surface area contributed by atoms with E-state index in [1.54, 1.807) is 6.92 Å². The van der Waals surface area contributed by atoms with Gasteiger partial charge in [-0.2, -0.15) is 0 Å². The first kappa shape index (κ1) is 12.9. The summed E-state index contributed by atoms with van der Waals surface area (Å²) in [6.07, 6.45) is 1.12. The second kappa shape index (κ2) is 4.99. The highest BCUT2D eigenvalue weighted by molar-refractivity contribution is 7.99. The van der Waals surface area contributed by atoms with Crippen molar-refractivity contribution >= 4 is 11.8 Å². The topological polar surface area (TPSA) is 12.0 Å². The third-order valence-electron chi connectivity index (χ3n) is 3.58. The van der Waals surface area contributed by atoms with E-state index in [9.17, 15) is 4.39 Å². The zero-order chi connectivity index (χ0) is 12.5. The zero-order valence-electron chi connectivity index (χ0n) is 10.7. The Balaban J connectivity index is 2.26. The first-order valence-electron chi connectivity index (χ1n) is 6.24. The van der Waals surface area contributed by atoms with Crippen molar-refractivity contribution in [3.05, 3.63) is 29.3 Å². The average Bonchev–Trinajstić information content (AvgIpc) is 2.76. The molecule has 0 amide bonds. The number of nitrogens with one attached hydrogen (secondary N) is 1. The van der Waals surface area contributed by atoms with E-state index in [0.717, 1.165) is 24.3 Å². The molecule has 1 nitrogen and oxygen atoms in total. The highest BCUT2D eigenvalue weighted by atomic mass is 32.2. The lowest BCUT2D eigenvalue weighted by atomic mass is 9.90. The Kier molecular flexibility index (Phi) is 3.79. The fraction of sp³-hybridized carbons (Fsp3) is 0.571. The van der Waals surface area contributed by atoms with Gasteiger partial charge >= 0.3 is 0 Å². The summed E-state index contributed by atoms with van der Waals surface area (Å²) in [5.74, 6) is 1.13. The largest absolute Gasteiger partial charge is 0.311 e. The van der Waals surface area contributed by atoms with Gasteiger partial charge < -0.3 is 5.32 Å². The molecule has 0 saturated carbocycles. The van der Waals surface area contributed by atoms with Crippen LogP contribution < -0.4 is 5.32 Å². The van der Waals surface area contributed by atoms with Crippen molar-refractivity contribution in [2.75, 3.05) is 12.3 Å². The van der Waals surface area contributed by atoms with Crippen LogP contribution in [0.3, 0.4) is 0 Å². The van der Waals surface area contributed by atoms with Crippen LogP contribution in [0.25, 0.3) is 0 Å². The summed E-state index contributed by atoms with van der Waals surface area (Å²) in [7, 11) is 0. The van der Waals surface area contributed by atoms with Crippen LogP contribution in [0.5, 0.6) is 0 Å². The molecule has 1 aliphatic heterocycles. The van der Waals surface area contributed by atoms with E-state index in [2.05, 4.69) is 11.4 Å². The minimum atomic E-state index is -1.31. The molecule has 0 spiro atoms. The number of fused-ring (bicyclic) bond motifs is 1. The van der Waals surface area contributed by atoms with Crippen LogP contribution >= 0.6 is 11.8 Å². The van der Waals surface area contributed by atoms with Crippen LogP contribution in [0.15, 0.2) is 23.1 Å². The number of alkyl halides is 1. The minimum Gasteiger partial charge on any atom is -0.311 e. The molecule has 0 aromatic heterocycles. The van der Waals surface area contributed by atoms with Gasteiger partial charge in [0.2, 0.25) is 0 Å². The number of thioether (sulfide) groups is 1. The molecule has 0 bridgehead atoms. The summed E-state index contributed by atoms with van der Waals surface area (Å²) in [6, 6.07) is 5.89. The standard InChI is InChI=1S/C14H20FNS/c1-4-16-10(2)14(3,15)12-6-5-11-7-8-17-13(11)9-12/h5-6,9-10,16H,4,7-8H2,1-3H3. The molecule has 0 saturated heterocycles. The van der Waals surface area contributed by atoms with Crippen molar-refractivity contribution < 1.29 is 4.39 Å². The molecule has 3 heteroatoms. The molecule has 0 aliphatic carbocycles. The summed E-state index contributed by atoms with van der Waals surface area (Å²) < 4.78 is 14.8. The fourth-order valence-corrected chi connectivity index (χ4v) is 3.33. The molecule has 2 atom stereocenters. The molecule has 2 rings (SSSR count). The number of hydrogen-bond donors (Lipinski definition) is 1. The first-order valence-corrected chi connectivity index (χ1v) is 7.22. The third kappa shape index (κ3) is 2.50. The van der Waals surface area contributed by atoms with Gasteiger partial charge in [-0.3, -0.25) is 0 Å². The van der Waals surface area contributed by atoms with Gasteiger partial charge in [-0.05, 0) is 44.0 Å². The Hall–Kier alpha value is -0.540. The van der Waals surface area contributed by atoms with Crippen LogP contribution in [0, 0.1) is 0 Å². The summed E-state index contributed by atoms with van der Waals surface area (Å²) in [4.78, 5) is 1.26. The molecule has 1 aromatic carbocycles. The van der Waals surface area contributed by atoms with Crippen molar-refractivity contribution in [2.24, 2.45) is 0 Å². The van der Waals surface area contributed by atoms with Gasteiger partial charge in [-0.15, -0.1) is 11.8 Å². The smallest absolute Gasteiger partial charge is 0.148 e. The van der Waals surface area contributed by atoms with Crippen LogP contribution in [-0.2, 0) is 12.1 Å². The van der Waals surface area contributed by atoms with Crippen molar-refractivity contribution in [3.8, 4) is 0 Å². The van der Waals surface area contributed by atoms with Gasteiger partial charge in [0.25, 0.3) is 0 Å². The fourth-order valence-electron chi connectivity index (χ4n) is 2.22. The predicted molar refractivity (Wildman–Crippen MR) is 72.5 cm³/mol. The van der Waals surface area contributed by atoms with E-state index in [4.69, 9.17) is 0 Å². The maximum absolute atomic E-state index is 14.8. The van der Waals surface area contributed by atoms with Gasteiger partial charge in [-0.25, -0.2) is 4.39 Å². The van der Waals surface area contributed by atoms with Gasteiger partial charge in [0, 0.05) is 16.7 Å². The predicted octanol–water partition coefficient (Wildman–Crippen LogP) is 3.52. The molecule has 17 heavy (non-hydrogen) atoms. The number of likely N-dealkylation sites (N-methyl/N-ethyl adjacent to an activating group) is 1. The second-order valence-corrected chi connectivity index (χ2v) is 5.91. The SMILES string of the molecule is CCNC(C)C(C)(F)c1ccc2c(c1)SCC2. The lowest BCUT2D eigenvalue weighted by Crippen LogP contribution is -2.41. The number of benzene rings is 1. The summed E-state index contributed by atoms with van der Waals surface area (Å²) >= 11 is 1.84. The van der Waals surface area contributed by atoms with E-state index in [0.29, 0.717) is 0 Å². The van der Waals surface area contributed by atoms with Gasteiger partial charge in [-0.1, -0.05) is 19.1 Å². The maximum Gasteiger partial charge on any atom is 0.148 e. The Morgan fingerprint density at radius 1 is 1.53 bits per heavy atom. The summed E-state index contributed by atoms with van der Waals surface area (Å²) in [6.45, 7) is 6.37. The Bertz CT molecular complexity index is 403. The minimum absolute atomic E-state index is 0.169. The van der Waals surface area contributed by atoms with Crippen molar-refractivity contribution in [3.63, 3.8) is 0 Å². The van der Waals surface area contributed by atoms with Crippen molar-refractivity contribution in [1.29, 1.82) is 0 Å². The Morgan fingerprint density at radius 2 is 2.29 bits per heavy atom. The van der Waals surface area contributed by atoms with Crippen LogP contribution in [0.1, 0.15) is 31.9 Å². The van der Waals surface area contributed by atoms with Gasteiger partial charge in [0.15, 0.2) is 0 Å². The molecule has 0 fully saturated rings. The van der Waals surface area contributed by atoms with Crippen molar-refractivity contribution in [1.82, 2.24) is 5.32 Å². The highest BCUT2D eigenvalue weighted by Gasteiger charge is 2.33. The molecule has 1 heterocycles. The monoisotopic (exact) mass is 253 g/mol. The lowest BCUT2D eigenvalue weighted by molar-refractivity contribution is 0.136. The van der Waals surface area contributed by atoms with E-state index in [-0.39, 0.29) is 6.04 Å². The molecule has 1 N–H and O–H groups in total. The number of hydrogen-bond acceptors (Lipinski definition) is 2. The van der Waals surface area contributed by atoms with Gasteiger partial charge in [0.05, 0.1) is 0 Å². The Labute approximate surface area is 107 Å². The molecule has 0 radical (unpaired) electrons. The number of halogens is 1. The number of rotatable bonds is 4. The van der Waals surface area contributed by atoms with Crippen molar-refractivity contribution in [2.45, 2.75) is 43.8 Å². The van der Waals surface area contributed by atoms with E-state index < -0.39 is 5.67 Å². The first-order chi connectivity index (χ1) is 8.05. The number of aryl methyl sites for hydroxylation is 1. The molecule has 94 valence electrons. The van der Waals surface area contributed by atoms with E-state index in [1.165, 1.54) is 10.5 Å². The van der Waals surface area contributed by atoms with Crippen LogP contribution in [0.2, 0.25) is 0 Å². The van der Waals surface area contributed by atoms with Gasteiger partial charge in [0.1, 0.15) is 5.67 Å². The Morgan fingerprint density at radius 3 is 3.00 bits per heavy atom. The van der Waals surface area contributed by atoms with Crippen LogP contribution in [-0.4, -0.2) is 18.3 Å². The summed E-state index contributed by atoms with van der Waals surface area (Å²) in [5.41, 5.74) is 0.846. The molecular formula is C14H20FNS. The lowest BCUT2D eigenvalue weighted by Gasteiger charge is -2.29. The molecule has 1 aromatic rings. The second-order valence-electron chi connectivity index (χ2n) is 4.78. The molecule has 1 aliphatic rings. The van der Waals surface area contributed by atoms with E-state index in [1.807, 2.05) is 37.7 Å². The zero-order valence-corrected chi connectivity index (χ0v) is 11.5. The van der Waals surface area contributed by atoms with Crippen LogP contribution in [0.4, 0.5) is 4.39 Å². The average molecular weight is 253 g/mol. The molecular weight excluding hydrogens is 233 g/mol. The highest BCUT2D eigenvalue weighted by Crippen LogP contribution is 2.37. The normalized spacial score (nSPS) is 19.8. The maximum atomic E-state index is 14.8.